The van der Waals surface area contributed by atoms with Gasteiger partial charge in [0.25, 0.3) is 0 Å². The van der Waals surface area contributed by atoms with Crippen molar-refractivity contribution in [2.75, 3.05) is 17.7 Å². The summed E-state index contributed by atoms with van der Waals surface area (Å²) >= 11 is 1.89. The van der Waals surface area contributed by atoms with Crippen molar-refractivity contribution in [3.63, 3.8) is 0 Å². The molecule has 0 bridgehead atoms. The van der Waals surface area contributed by atoms with Crippen LogP contribution in [0.3, 0.4) is 0 Å². The van der Waals surface area contributed by atoms with Crippen LogP contribution in [0.5, 0.6) is 0 Å². The van der Waals surface area contributed by atoms with Crippen LogP contribution in [0.4, 0.5) is 5.00 Å². The summed E-state index contributed by atoms with van der Waals surface area (Å²) in [6.07, 6.45) is 0.144. The number of anilines is 1. The lowest BCUT2D eigenvalue weighted by atomic mass is 10.2. The first kappa shape index (κ1) is 23.9. The van der Waals surface area contributed by atoms with E-state index < -0.39 is 15.8 Å². The Labute approximate surface area is 184 Å². The van der Waals surface area contributed by atoms with Gasteiger partial charge in [0.15, 0.2) is 9.84 Å². The summed E-state index contributed by atoms with van der Waals surface area (Å²) in [5, 5.41) is 14.1. The zero-order valence-electron chi connectivity index (χ0n) is 16.9. The fraction of sp³-hybridized carbons (Fsp3) is 0.350. The molecule has 0 saturated heterocycles. The molecule has 160 valence electrons. The van der Waals surface area contributed by atoms with E-state index >= 15 is 0 Å². The average Bonchev–Trinajstić information content (AvgIpc) is 2.98. The first-order valence-corrected chi connectivity index (χ1v) is 12.4. The number of esters is 1. The topological polar surface area (TPSA) is 113 Å². The number of nitrogens with one attached hydrogen (secondary N) is 1. The Bertz CT molecular complexity index is 1070. The van der Waals surface area contributed by atoms with Gasteiger partial charge in [-0.15, -0.1) is 11.3 Å². The van der Waals surface area contributed by atoms with E-state index in [-0.39, 0.29) is 36.0 Å². The zero-order chi connectivity index (χ0) is 22.3. The van der Waals surface area contributed by atoms with Gasteiger partial charge in [0.1, 0.15) is 15.3 Å². The minimum Gasteiger partial charge on any atom is -0.462 e. The normalized spacial score (nSPS) is 11.0. The fourth-order valence-corrected chi connectivity index (χ4v) is 5.74. The lowest BCUT2D eigenvalue weighted by Crippen LogP contribution is -2.14. The molecule has 0 radical (unpaired) electrons. The maximum Gasteiger partial charge on any atom is 0.348 e. The summed E-state index contributed by atoms with van der Waals surface area (Å²) in [5.41, 5.74) is 1.54. The number of carbonyl (C=O) groups excluding carboxylic acids is 2. The SMILES string of the molecule is CCOC(=O)c1sc(NC(=O)CCCS(=O)(=O)c2ccc(C)cc2)c(SC#N)c1C. The molecule has 1 aromatic heterocycles. The second-order valence-corrected chi connectivity index (χ2v) is 10.3. The first-order chi connectivity index (χ1) is 14.2. The molecule has 0 aliphatic rings. The van der Waals surface area contributed by atoms with E-state index in [0.717, 1.165) is 28.7 Å². The van der Waals surface area contributed by atoms with Crippen LogP contribution in [0.1, 0.15) is 40.6 Å². The van der Waals surface area contributed by atoms with E-state index in [1.807, 2.05) is 12.3 Å². The number of sulfone groups is 1. The largest absolute Gasteiger partial charge is 0.462 e. The third-order valence-corrected chi connectivity index (χ3v) is 8.09. The molecule has 7 nitrogen and oxygen atoms in total. The number of ether oxygens (including phenoxy) is 1. The molecule has 1 aromatic carbocycles. The van der Waals surface area contributed by atoms with E-state index in [4.69, 9.17) is 10.00 Å². The van der Waals surface area contributed by atoms with Crippen LogP contribution in [-0.2, 0) is 19.4 Å². The van der Waals surface area contributed by atoms with Gasteiger partial charge >= 0.3 is 5.97 Å². The van der Waals surface area contributed by atoms with Crippen molar-refractivity contribution in [2.24, 2.45) is 0 Å². The molecule has 1 heterocycles. The van der Waals surface area contributed by atoms with Gasteiger partial charge in [0.2, 0.25) is 5.91 Å². The minimum absolute atomic E-state index is 0.00651. The lowest BCUT2D eigenvalue weighted by Gasteiger charge is -2.06. The number of hydrogen-bond acceptors (Lipinski definition) is 8. The monoisotopic (exact) mass is 466 g/mol. The van der Waals surface area contributed by atoms with E-state index in [1.54, 1.807) is 38.1 Å². The van der Waals surface area contributed by atoms with Crippen molar-refractivity contribution in [1.29, 1.82) is 5.26 Å². The number of carbonyl (C=O) groups is 2. The lowest BCUT2D eigenvalue weighted by molar-refractivity contribution is -0.116. The number of hydrogen-bond donors (Lipinski definition) is 1. The number of thioether (sulfide) groups is 1. The highest BCUT2D eigenvalue weighted by atomic mass is 32.2. The van der Waals surface area contributed by atoms with Gasteiger partial charge in [-0.25, -0.2) is 13.2 Å². The molecule has 0 unspecified atom stereocenters. The molecule has 0 spiro atoms. The van der Waals surface area contributed by atoms with Crippen LogP contribution in [-0.4, -0.2) is 32.7 Å². The molecule has 1 N–H and O–H groups in total. The maximum atomic E-state index is 12.4. The second-order valence-electron chi connectivity index (χ2n) is 6.41. The summed E-state index contributed by atoms with van der Waals surface area (Å²) in [6, 6.07) is 6.57. The van der Waals surface area contributed by atoms with E-state index in [0.29, 0.717) is 20.3 Å². The third-order valence-electron chi connectivity index (χ3n) is 4.15. The van der Waals surface area contributed by atoms with Gasteiger partial charge in [-0.2, -0.15) is 5.26 Å². The molecule has 0 fully saturated rings. The Morgan fingerprint density at radius 1 is 1.23 bits per heavy atom. The van der Waals surface area contributed by atoms with Crippen molar-refractivity contribution in [1.82, 2.24) is 0 Å². The Kier molecular flexibility index (Phi) is 8.46. The highest BCUT2D eigenvalue weighted by Gasteiger charge is 2.23. The van der Waals surface area contributed by atoms with Gasteiger partial charge in [-0.3, -0.25) is 4.79 Å². The zero-order valence-corrected chi connectivity index (χ0v) is 19.3. The molecule has 2 aromatic rings. The number of nitrogens with zero attached hydrogens (tertiary/aromatic N) is 1. The number of benzene rings is 1. The summed E-state index contributed by atoms with van der Waals surface area (Å²) in [5.74, 6) is -1.05. The van der Waals surface area contributed by atoms with Crippen molar-refractivity contribution < 1.29 is 22.7 Å². The second kappa shape index (κ2) is 10.6. The van der Waals surface area contributed by atoms with Crippen LogP contribution in [0.2, 0.25) is 0 Å². The number of thiocyanates is 1. The summed E-state index contributed by atoms with van der Waals surface area (Å²) in [6.45, 7) is 5.47. The van der Waals surface area contributed by atoms with Gasteiger partial charge in [0, 0.05) is 6.42 Å². The van der Waals surface area contributed by atoms with Crippen LogP contribution in [0.15, 0.2) is 34.1 Å². The minimum atomic E-state index is -3.47. The Morgan fingerprint density at radius 3 is 2.50 bits per heavy atom. The standard InChI is InChI=1S/C20H22N2O5S3/c1-4-27-20(24)18-14(3)17(28-12-21)19(29-18)22-16(23)6-5-11-30(25,26)15-9-7-13(2)8-10-15/h7-10H,4-6,11H2,1-3H3,(H,22,23). The van der Waals surface area contributed by atoms with Crippen LogP contribution in [0.25, 0.3) is 0 Å². The van der Waals surface area contributed by atoms with Crippen LogP contribution >= 0.6 is 23.1 Å². The van der Waals surface area contributed by atoms with E-state index in [1.165, 1.54) is 0 Å². The van der Waals surface area contributed by atoms with E-state index in [2.05, 4.69) is 5.32 Å². The van der Waals surface area contributed by atoms with Crippen LogP contribution < -0.4 is 5.32 Å². The number of aryl methyl sites for hydroxylation is 1. The van der Waals surface area contributed by atoms with Gasteiger partial charge in [-0.05, 0) is 56.7 Å². The molecule has 0 atom stereocenters. The van der Waals surface area contributed by atoms with Gasteiger partial charge in [0.05, 0.1) is 22.2 Å². The fourth-order valence-electron chi connectivity index (χ4n) is 2.62. The first-order valence-electron chi connectivity index (χ1n) is 9.15. The molecule has 0 aliphatic heterocycles. The van der Waals surface area contributed by atoms with Crippen LogP contribution in [0, 0.1) is 24.5 Å². The Hall–Kier alpha value is -2.35. The molecule has 1 amide bonds. The molecule has 0 saturated carbocycles. The number of amides is 1. The van der Waals surface area contributed by atoms with Gasteiger partial charge < -0.3 is 10.1 Å². The predicted octanol–water partition coefficient (Wildman–Crippen LogP) is 4.31. The number of rotatable bonds is 9. The number of nitriles is 1. The smallest absolute Gasteiger partial charge is 0.348 e. The summed E-state index contributed by atoms with van der Waals surface area (Å²) in [4.78, 5) is 25.5. The van der Waals surface area contributed by atoms with Crippen molar-refractivity contribution in [2.45, 2.75) is 43.4 Å². The summed E-state index contributed by atoms with van der Waals surface area (Å²) in [7, 11) is -3.47. The molecule has 10 heteroatoms. The maximum absolute atomic E-state index is 12.4. The predicted molar refractivity (Wildman–Crippen MR) is 118 cm³/mol. The Balaban J connectivity index is 2.04. The summed E-state index contributed by atoms with van der Waals surface area (Å²) < 4.78 is 29.8. The molecular weight excluding hydrogens is 444 g/mol. The molecule has 0 aliphatic carbocycles. The van der Waals surface area contributed by atoms with Crippen molar-refractivity contribution >= 4 is 49.8 Å². The quantitative estimate of drug-likeness (QED) is 0.333. The van der Waals surface area contributed by atoms with Crippen molar-refractivity contribution in [3.05, 3.63) is 40.3 Å². The molecule has 2 rings (SSSR count). The highest BCUT2D eigenvalue weighted by Crippen LogP contribution is 2.40. The van der Waals surface area contributed by atoms with E-state index in [9.17, 15) is 18.0 Å². The third kappa shape index (κ3) is 6.08. The molecular formula is C20H22N2O5S3. The molecule has 30 heavy (non-hydrogen) atoms. The Morgan fingerprint density at radius 2 is 1.90 bits per heavy atom. The van der Waals surface area contributed by atoms with Crippen molar-refractivity contribution in [3.8, 4) is 5.40 Å². The van der Waals surface area contributed by atoms with Gasteiger partial charge in [-0.1, -0.05) is 17.7 Å². The number of thiophene rings is 1. The highest BCUT2D eigenvalue weighted by molar-refractivity contribution is 8.04. The average molecular weight is 467 g/mol.